The van der Waals surface area contributed by atoms with Gasteiger partial charge in [-0.1, -0.05) is 325 Å². The fourth-order valence-electron chi connectivity index (χ4n) is 10.7. The second-order valence-electron chi connectivity index (χ2n) is 24.5. The van der Waals surface area contributed by atoms with Crippen molar-refractivity contribution in [2.24, 2.45) is 0 Å². The highest BCUT2D eigenvalue weighted by atomic mass is 16.6. The Morgan fingerprint density at radius 2 is 0.470 bits per heavy atom. The Labute approximate surface area is 516 Å². The molecule has 0 aliphatic heterocycles. The van der Waals surface area contributed by atoms with Crippen molar-refractivity contribution in [1.82, 2.24) is 0 Å². The van der Waals surface area contributed by atoms with E-state index >= 15 is 0 Å². The molecule has 482 valence electrons. The van der Waals surface area contributed by atoms with E-state index in [0.29, 0.717) is 19.3 Å². The highest BCUT2D eigenvalue weighted by Gasteiger charge is 2.19. The van der Waals surface area contributed by atoms with Crippen LogP contribution >= 0.6 is 0 Å². The Morgan fingerprint density at radius 1 is 0.253 bits per heavy atom. The van der Waals surface area contributed by atoms with Crippen molar-refractivity contribution >= 4 is 17.9 Å². The number of ether oxygens (including phenoxy) is 3. The van der Waals surface area contributed by atoms with Gasteiger partial charge in [-0.05, 0) is 109 Å². The number of esters is 3. The molecule has 0 aliphatic rings. The molecule has 0 aromatic heterocycles. The number of carbonyl (C=O) groups excluding carboxylic acids is 3. The third kappa shape index (κ3) is 69.5. The van der Waals surface area contributed by atoms with Gasteiger partial charge in [0, 0.05) is 19.3 Å². The van der Waals surface area contributed by atoms with Gasteiger partial charge in [-0.2, -0.15) is 0 Å². The number of hydrogen-bond acceptors (Lipinski definition) is 6. The second kappa shape index (κ2) is 71.3. The van der Waals surface area contributed by atoms with Crippen molar-refractivity contribution in [3.05, 3.63) is 72.9 Å². The molecule has 0 aliphatic carbocycles. The highest BCUT2D eigenvalue weighted by molar-refractivity contribution is 5.71. The van der Waals surface area contributed by atoms with Gasteiger partial charge in [-0.3, -0.25) is 14.4 Å². The smallest absolute Gasteiger partial charge is 0.306 e. The number of unbranched alkanes of at least 4 members (excludes halogenated alkanes) is 44. The van der Waals surface area contributed by atoms with Crippen molar-refractivity contribution < 1.29 is 28.6 Å². The summed E-state index contributed by atoms with van der Waals surface area (Å²) in [6.07, 6.45) is 93.8. The molecule has 0 aromatic carbocycles. The van der Waals surface area contributed by atoms with E-state index in [-0.39, 0.29) is 31.1 Å². The largest absolute Gasteiger partial charge is 0.462 e. The van der Waals surface area contributed by atoms with Gasteiger partial charge in [0.15, 0.2) is 6.10 Å². The number of carbonyl (C=O) groups is 3. The third-order valence-electron chi connectivity index (χ3n) is 16.2. The third-order valence-corrected chi connectivity index (χ3v) is 16.2. The Balaban J connectivity index is 4.16. The number of hydrogen-bond donors (Lipinski definition) is 0. The van der Waals surface area contributed by atoms with Crippen LogP contribution in [0.1, 0.15) is 380 Å². The normalized spacial score (nSPS) is 12.5. The average Bonchev–Trinajstić information content (AvgIpc) is 3.49. The minimum Gasteiger partial charge on any atom is -0.462 e. The van der Waals surface area contributed by atoms with Crippen LogP contribution < -0.4 is 0 Å². The molecule has 6 nitrogen and oxygen atoms in total. The molecule has 0 radical (unpaired) electrons. The summed E-state index contributed by atoms with van der Waals surface area (Å²) < 4.78 is 17.0. The van der Waals surface area contributed by atoms with Crippen LogP contribution in [0.3, 0.4) is 0 Å². The summed E-state index contributed by atoms with van der Waals surface area (Å²) in [4.78, 5) is 38.4. The zero-order valence-corrected chi connectivity index (χ0v) is 55.5. The van der Waals surface area contributed by atoms with Gasteiger partial charge in [0.25, 0.3) is 0 Å². The minimum absolute atomic E-state index is 0.0812. The van der Waals surface area contributed by atoms with Crippen molar-refractivity contribution in [3.8, 4) is 0 Å². The van der Waals surface area contributed by atoms with Crippen LogP contribution in [-0.4, -0.2) is 37.2 Å². The molecule has 0 saturated heterocycles. The molecule has 1 atom stereocenters. The second-order valence-corrected chi connectivity index (χ2v) is 24.5. The molecule has 0 bridgehead atoms. The first-order valence-electron chi connectivity index (χ1n) is 36.4. The Bertz CT molecular complexity index is 1520. The van der Waals surface area contributed by atoms with E-state index in [2.05, 4.69) is 93.7 Å². The van der Waals surface area contributed by atoms with E-state index < -0.39 is 6.10 Å². The molecular formula is C77H138O6. The molecule has 83 heavy (non-hydrogen) atoms. The topological polar surface area (TPSA) is 78.9 Å². The van der Waals surface area contributed by atoms with Crippen LogP contribution in [0.5, 0.6) is 0 Å². The molecule has 0 spiro atoms. The number of rotatable bonds is 67. The molecule has 1 unspecified atom stereocenters. The standard InChI is InChI=1S/C77H138O6/c1-4-7-10-13-16-19-22-25-28-30-31-32-33-34-35-36-37-38-39-40-41-42-43-44-45-47-49-52-55-58-61-64-67-70-76(79)82-73-74(72-81-75(78)69-66-63-60-57-54-51-48-27-24-21-18-15-12-9-6-3)83-77(80)71-68-65-62-59-56-53-50-46-29-26-23-20-17-14-11-8-5-2/h9,12,17-18,20-21,26-27,29-31,48,74H,4-8,10-11,13-16,19,22-25,28,32-47,49-73H2,1-3H3/b12-9-,20-17-,21-18-,29-26-,31-30-,48-27-. The van der Waals surface area contributed by atoms with Gasteiger partial charge in [0.05, 0.1) is 0 Å². The zero-order chi connectivity index (χ0) is 59.9. The number of allylic oxidation sites excluding steroid dienone is 12. The summed E-state index contributed by atoms with van der Waals surface area (Å²) in [7, 11) is 0. The molecule has 0 amide bonds. The first kappa shape index (κ1) is 79.8. The van der Waals surface area contributed by atoms with E-state index in [1.54, 1.807) is 0 Å². The van der Waals surface area contributed by atoms with Crippen molar-refractivity contribution in [2.75, 3.05) is 13.2 Å². The van der Waals surface area contributed by atoms with Gasteiger partial charge in [0.1, 0.15) is 13.2 Å². The van der Waals surface area contributed by atoms with Gasteiger partial charge in [-0.25, -0.2) is 0 Å². The summed E-state index contributed by atoms with van der Waals surface area (Å²) >= 11 is 0. The van der Waals surface area contributed by atoms with E-state index in [0.717, 1.165) is 109 Å². The molecule has 0 rings (SSSR count). The van der Waals surface area contributed by atoms with Crippen LogP contribution in [0, 0.1) is 0 Å². The average molecular weight is 1160 g/mol. The molecule has 0 heterocycles. The van der Waals surface area contributed by atoms with Gasteiger partial charge in [0.2, 0.25) is 0 Å². The first-order valence-corrected chi connectivity index (χ1v) is 36.4. The Morgan fingerprint density at radius 3 is 0.771 bits per heavy atom. The predicted octanol–water partition coefficient (Wildman–Crippen LogP) is 25.2. The fraction of sp³-hybridized carbons (Fsp3) is 0.805. The van der Waals surface area contributed by atoms with Gasteiger partial charge in [-0.15, -0.1) is 0 Å². The lowest BCUT2D eigenvalue weighted by Crippen LogP contribution is -2.30. The van der Waals surface area contributed by atoms with Crippen LogP contribution in [-0.2, 0) is 28.6 Å². The monoisotopic (exact) mass is 1160 g/mol. The van der Waals surface area contributed by atoms with Crippen LogP contribution in [0.2, 0.25) is 0 Å². The molecule has 0 fully saturated rings. The van der Waals surface area contributed by atoms with Gasteiger partial charge >= 0.3 is 17.9 Å². The van der Waals surface area contributed by atoms with Crippen LogP contribution in [0.4, 0.5) is 0 Å². The van der Waals surface area contributed by atoms with Crippen LogP contribution in [0.25, 0.3) is 0 Å². The maximum atomic E-state index is 12.9. The van der Waals surface area contributed by atoms with Crippen molar-refractivity contribution in [2.45, 2.75) is 386 Å². The maximum Gasteiger partial charge on any atom is 0.306 e. The lowest BCUT2D eigenvalue weighted by Gasteiger charge is -2.18. The Hall–Kier alpha value is -3.15. The van der Waals surface area contributed by atoms with Crippen LogP contribution in [0.15, 0.2) is 72.9 Å². The van der Waals surface area contributed by atoms with E-state index in [1.165, 1.54) is 231 Å². The van der Waals surface area contributed by atoms with Crippen molar-refractivity contribution in [1.29, 1.82) is 0 Å². The molecule has 6 heteroatoms. The molecule has 0 saturated carbocycles. The summed E-state index contributed by atoms with van der Waals surface area (Å²) in [6.45, 7) is 6.53. The minimum atomic E-state index is -0.788. The van der Waals surface area contributed by atoms with E-state index in [9.17, 15) is 14.4 Å². The summed E-state index contributed by atoms with van der Waals surface area (Å²) in [5, 5.41) is 0. The summed E-state index contributed by atoms with van der Waals surface area (Å²) in [5.74, 6) is -0.887. The lowest BCUT2D eigenvalue weighted by molar-refractivity contribution is -0.167. The zero-order valence-electron chi connectivity index (χ0n) is 55.5. The molecule has 0 N–H and O–H groups in total. The molecular weight excluding hydrogens is 1020 g/mol. The van der Waals surface area contributed by atoms with Crippen molar-refractivity contribution in [3.63, 3.8) is 0 Å². The predicted molar refractivity (Wildman–Crippen MR) is 362 cm³/mol. The maximum absolute atomic E-state index is 12.9. The van der Waals surface area contributed by atoms with E-state index in [1.807, 2.05) is 0 Å². The quantitative estimate of drug-likeness (QED) is 0.0261. The van der Waals surface area contributed by atoms with E-state index in [4.69, 9.17) is 14.2 Å². The van der Waals surface area contributed by atoms with Gasteiger partial charge < -0.3 is 14.2 Å². The summed E-state index contributed by atoms with van der Waals surface area (Å²) in [5.41, 5.74) is 0. The summed E-state index contributed by atoms with van der Waals surface area (Å²) in [6, 6.07) is 0. The first-order chi connectivity index (χ1) is 41.0. The Kier molecular flexibility index (Phi) is 68.6. The SMILES string of the molecule is CC/C=C\C/C=C\C/C=C\CCCCCCCC(=O)OCC(COC(=O)CCCCCCCCCCCCCCCCCCCCCCC/C=C\CCCCCCCCCC)OC(=O)CCCCCCCCC/C=C\C/C=C\CCCCC. The lowest BCUT2D eigenvalue weighted by atomic mass is 10.0. The molecule has 0 aromatic rings. The highest BCUT2D eigenvalue weighted by Crippen LogP contribution is 2.18. The fourth-order valence-corrected chi connectivity index (χ4v) is 10.7.